The molecule has 3 aliphatic rings. The Kier molecular flexibility index (Phi) is 5.79. The van der Waals surface area contributed by atoms with E-state index in [9.17, 15) is 9.18 Å². The van der Waals surface area contributed by atoms with Crippen molar-refractivity contribution >= 4 is 28.0 Å². The van der Waals surface area contributed by atoms with Gasteiger partial charge in [0.2, 0.25) is 0 Å². The van der Waals surface area contributed by atoms with Gasteiger partial charge in [0, 0.05) is 37.6 Å². The maximum Gasteiger partial charge on any atom is 0.275 e. The Labute approximate surface area is 224 Å². The number of aromatic nitrogens is 5. The van der Waals surface area contributed by atoms with Gasteiger partial charge in [0.15, 0.2) is 5.65 Å². The van der Waals surface area contributed by atoms with Crippen molar-refractivity contribution in [3.8, 4) is 0 Å². The molecule has 4 aromatic rings. The van der Waals surface area contributed by atoms with Crippen molar-refractivity contribution in [2.45, 2.75) is 31.6 Å². The Balaban J connectivity index is 1.00. The minimum atomic E-state index is -0.201. The number of hydrogen-bond donors (Lipinski definition) is 0. The van der Waals surface area contributed by atoms with E-state index in [-0.39, 0.29) is 11.4 Å². The molecule has 5 heterocycles. The summed E-state index contributed by atoms with van der Waals surface area (Å²) in [5.41, 5.74) is 2.80. The van der Waals surface area contributed by atoms with Crippen LogP contribution in [-0.4, -0.2) is 62.1 Å². The maximum atomic E-state index is 14.4. The molecule has 3 fully saturated rings. The quantitative estimate of drug-likeness (QED) is 0.357. The van der Waals surface area contributed by atoms with Crippen molar-refractivity contribution in [3.05, 3.63) is 69.2 Å². The maximum absolute atomic E-state index is 14.4. The number of pyridine rings is 1. The molecule has 38 heavy (non-hydrogen) atoms. The highest BCUT2D eigenvalue weighted by Crippen LogP contribution is 2.59. The summed E-state index contributed by atoms with van der Waals surface area (Å²) < 4.78 is 23.0. The van der Waals surface area contributed by atoms with E-state index in [4.69, 9.17) is 16.3 Å². The summed E-state index contributed by atoms with van der Waals surface area (Å²) in [7, 11) is 1.66. The van der Waals surface area contributed by atoms with Crippen LogP contribution in [0.25, 0.3) is 16.4 Å². The minimum Gasteiger partial charge on any atom is -0.381 e. The number of aryl methyl sites for hydroxylation is 2. The summed E-state index contributed by atoms with van der Waals surface area (Å²) in [6, 6.07) is 5.77. The van der Waals surface area contributed by atoms with E-state index in [1.54, 1.807) is 23.7 Å². The standard InChI is InChI=1S/C28H30ClFN6O2/c1-34-27(37)26-21(10-32-34)20(4-5-22(26)29)25(19-12-38-13-19)18-8-28(9-18)14-35(15-28)6-2-3-17-7-24-33-31-16-36(24)11-23(17)30/h4-5,7,10-11,16,18-19,25H,2-3,6,8-9,12-15H2,1H3/t25-/m1/s1. The first kappa shape index (κ1) is 24.2. The Bertz CT molecular complexity index is 1580. The van der Waals surface area contributed by atoms with Crippen molar-refractivity contribution in [2.75, 3.05) is 32.8 Å². The molecule has 1 aliphatic carbocycles. The fourth-order valence-electron chi connectivity index (χ4n) is 7.16. The van der Waals surface area contributed by atoms with Crippen LogP contribution in [0.3, 0.4) is 0 Å². The van der Waals surface area contributed by atoms with E-state index in [0.29, 0.717) is 51.2 Å². The van der Waals surface area contributed by atoms with E-state index in [2.05, 4.69) is 26.3 Å². The van der Waals surface area contributed by atoms with Crippen molar-refractivity contribution in [1.29, 1.82) is 0 Å². The van der Waals surface area contributed by atoms with Gasteiger partial charge < -0.3 is 9.64 Å². The number of nitrogens with zero attached hydrogens (tertiary/aromatic N) is 6. The molecule has 1 spiro atoms. The van der Waals surface area contributed by atoms with Crippen molar-refractivity contribution in [2.24, 2.45) is 24.3 Å². The lowest BCUT2D eigenvalue weighted by atomic mass is 9.52. The Morgan fingerprint density at radius 2 is 2.05 bits per heavy atom. The number of rotatable bonds is 7. The molecule has 0 amide bonds. The van der Waals surface area contributed by atoms with Gasteiger partial charge in [-0.1, -0.05) is 17.7 Å². The number of fused-ring (bicyclic) bond motifs is 2. The van der Waals surface area contributed by atoms with Crippen LogP contribution < -0.4 is 5.56 Å². The van der Waals surface area contributed by atoms with Crippen LogP contribution >= 0.6 is 11.6 Å². The first-order chi connectivity index (χ1) is 18.4. The number of halogens is 2. The van der Waals surface area contributed by atoms with Crippen LogP contribution in [0.1, 0.15) is 36.3 Å². The third-order valence-corrected chi connectivity index (χ3v) is 9.34. The molecule has 0 radical (unpaired) electrons. The summed E-state index contributed by atoms with van der Waals surface area (Å²) in [5.74, 6) is 1.16. The summed E-state index contributed by atoms with van der Waals surface area (Å²) in [4.78, 5) is 15.3. The van der Waals surface area contributed by atoms with Gasteiger partial charge in [0.1, 0.15) is 12.1 Å². The van der Waals surface area contributed by atoms with Gasteiger partial charge in [-0.15, -0.1) is 10.2 Å². The lowest BCUT2D eigenvalue weighted by Crippen LogP contribution is -2.63. The molecule has 0 bridgehead atoms. The molecule has 198 valence electrons. The van der Waals surface area contributed by atoms with E-state index in [1.807, 2.05) is 6.07 Å². The van der Waals surface area contributed by atoms with E-state index >= 15 is 0 Å². The van der Waals surface area contributed by atoms with Gasteiger partial charge >= 0.3 is 0 Å². The van der Waals surface area contributed by atoms with Gasteiger partial charge in [-0.05, 0) is 72.7 Å². The molecule has 0 unspecified atom stereocenters. The Morgan fingerprint density at radius 1 is 1.24 bits per heavy atom. The summed E-state index contributed by atoms with van der Waals surface area (Å²) in [5, 5.41) is 14.1. The van der Waals surface area contributed by atoms with Crippen LogP contribution in [0.5, 0.6) is 0 Å². The lowest BCUT2D eigenvalue weighted by Gasteiger charge is -2.62. The third-order valence-electron chi connectivity index (χ3n) is 9.03. The van der Waals surface area contributed by atoms with Gasteiger partial charge in [-0.2, -0.15) is 5.10 Å². The fraction of sp³-hybridized carbons (Fsp3) is 0.500. The number of likely N-dealkylation sites (tertiary alicyclic amines) is 1. The average Bonchev–Trinajstić information content (AvgIpc) is 3.26. The van der Waals surface area contributed by atoms with Crippen molar-refractivity contribution in [3.63, 3.8) is 0 Å². The molecule has 0 N–H and O–H groups in total. The predicted octanol–water partition coefficient (Wildman–Crippen LogP) is 3.84. The van der Waals surface area contributed by atoms with E-state index < -0.39 is 0 Å². The molecule has 2 aliphatic heterocycles. The Morgan fingerprint density at radius 3 is 2.82 bits per heavy atom. The Hall–Kier alpha value is -2.88. The number of benzene rings is 1. The normalized spacial score (nSPS) is 20.5. The second-order valence-electron chi connectivity index (χ2n) is 11.5. The van der Waals surface area contributed by atoms with Gasteiger partial charge in [0.05, 0.1) is 29.8 Å². The zero-order chi connectivity index (χ0) is 26.0. The second-order valence-corrected chi connectivity index (χ2v) is 12.0. The summed E-state index contributed by atoms with van der Waals surface area (Å²) in [6.07, 6.45) is 8.76. The van der Waals surface area contributed by atoms with Crippen LogP contribution in [-0.2, 0) is 18.2 Å². The highest BCUT2D eigenvalue weighted by molar-refractivity contribution is 6.35. The van der Waals surface area contributed by atoms with Gasteiger partial charge in [-0.25, -0.2) is 9.07 Å². The molecule has 1 aromatic carbocycles. The minimum absolute atomic E-state index is 0.154. The van der Waals surface area contributed by atoms with Gasteiger partial charge in [0.25, 0.3) is 5.56 Å². The largest absolute Gasteiger partial charge is 0.381 e. The lowest BCUT2D eigenvalue weighted by molar-refractivity contribution is -0.127. The summed E-state index contributed by atoms with van der Waals surface area (Å²) >= 11 is 6.47. The topological polar surface area (TPSA) is 77.6 Å². The van der Waals surface area contributed by atoms with Crippen LogP contribution in [0.2, 0.25) is 5.02 Å². The molecular formula is C28H30ClFN6O2. The SMILES string of the molecule is Cn1ncc2c([C@@H](C3COC3)C3CC4(C3)CN(CCCc3cc5nncn5cc3F)C4)ccc(Cl)c2c1=O. The fourth-order valence-corrected chi connectivity index (χ4v) is 7.41. The predicted molar refractivity (Wildman–Crippen MR) is 142 cm³/mol. The van der Waals surface area contributed by atoms with Crippen molar-refractivity contribution < 1.29 is 9.13 Å². The van der Waals surface area contributed by atoms with Crippen LogP contribution in [0.15, 0.2) is 41.7 Å². The van der Waals surface area contributed by atoms with Crippen LogP contribution in [0.4, 0.5) is 4.39 Å². The number of hydrogen-bond acceptors (Lipinski definition) is 6. The monoisotopic (exact) mass is 536 g/mol. The smallest absolute Gasteiger partial charge is 0.275 e. The molecule has 3 aromatic heterocycles. The molecule has 7 rings (SSSR count). The third kappa shape index (κ3) is 3.94. The second kappa shape index (κ2) is 9.10. The average molecular weight is 537 g/mol. The highest BCUT2D eigenvalue weighted by Gasteiger charge is 2.55. The molecule has 2 saturated heterocycles. The van der Waals surface area contributed by atoms with Crippen LogP contribution in [0, 0.1) is 23.1 Å². The summed E-state index contributed by atoms with van der Waals surface area (Å²) in [6.45, 7) is 4.71. The molecule has 1 atom stereocenters. The first-order valence-electron chi connectivity index (χ1n) is 13.3. The van der Waals surface area contributed by atoms with E-state index in [0.717, 1.165) is 44.7 Å². The zero-order valence-electron chi connectivity index (χ0n) is 21.3. The molecular weight excluding hydrogens is 507 g/mol. The zero-order valence-corrected chi connectivity index (χ0v) is 22.1. The highest BCUT2D eigenvalue weighted by atomic mass is 35.5. The van der Waals surface area contributed by atoms with E-state index in [1.165, 1.54) is 35.6 Å². The molecule has 10 heteroatoms. The van der Waals surface area contributed by atoms with Gasteiger partial charge in [-0.3, -0.25) is 9.20 Å². The first-order valence-corrected chi connectivity index (χ1v) is 13.7. The van der Waals surface area contributed by atoms with Crippen molar-refractivity contribution in [1.82, 2.24) is 29.3 Å². The number of ether oxygens (including phenoxy) is 1. The molecule has 8 nitrogen and oxygen atoms in total. The molecule has 1 saturated carbocycles.